The van der Waals surface area contributed by atoms with Crippen molar-refractivity contribution in [1.29, 1.82) is 0 Å². The van der Waals surface area contributed by atoms with Crippen molar-refractivity contribution in [3.05, 3.63) is 11.6 Å². The molecule has 4 aliphatic carbocycles. The van der Waals surface area contributed by atoms with E-state index in [0.717, 1.165) is 80.6 Å². The molecule has 13 atom stereocenters. The fraction of sp³-hybridized carbons (Fsp3) is 0.872. The molecule has 330 valence electrons. The fourth-order valence-electron chi connectivity index (χ4n) is 12.1. The maximum Gasteiger partial charge on any atom is 0.303 e. The fourth-order valence-corrected chi connectivity index (χ4v) is 13.3. The Morgan fingerprint density at radius 1 is 0.776 bits per heavy atom. The first kappa shape index (κ1) is 46.9. The molecule has 1 aliphatic heterocycles. The maximum absolute atomic E-state index is 12.1. The van der Waals surface area contributed by atoms with Crippen molar-refractivity contribution in [1.82, 2.24) is 0 Å². The van der Waals surface area contributed by atoms with Gasteiger partial charge < -0.3 is 28.4 Å². The molecule has 11 heteroatoms. The van der Waals surface area contributed by atoms with Crippen LogP contribution in [0.15, 0.2) is 11.6 Å². The van der Waals surface area contributed by atoms with Crippen LogP contribution in [-0.2, 0) is 47.6 Å². The van der Waals surface area contributed by atoms with Gasteiger partial charge in [-0.05, 0) is 116 Å². The summed E-state index contributed by atoms with van der Waals surface area (Å²) in [5.41, 5.74) is 1.81. The van der Waals surface area contributed by atoms with E-state index in [1.165, 1.54) is 97.2 Å². The lowest BCUT2D eigenvalue weighted by Crippen LogP contribution is -2.61. The van der Waals surface area contributed by atoms with Crippen LogP contribution < -0.4 is 0 Å². The maximum atomic E-state index is 12.1. The number of carbonyl (C=O) groups excluding carboxylic acids is 4. The molecule has 0 radical (unpaired) electrons. The molecular weight excluding hydrogens is 757 g/mol. The number of carbonyl (C=O) groups is 4. The first-order valence-electron chi connectivity index (χ1n) is 22.8. The van der Waals surface area contributed by atoms with Crippen LogP contribution in [0.2, 0.25) is 0 Å². The summed E-state index contributed by atoms with van der Waals surface area (Å²) in [7, 11) is 0. The molecule has 5 aliphatic rings. The molecule has 0 spiro atoms. The van der Waals surface area contributed by atoms with Gasteiger partial charge in [-0.15, -0.1) is 11.8 Å². The van der Waals surface area contributed by atoms with Gasteiger partial charge in [-0.25, -0.2) is 0 Å². The predicted octanol–water partition coefficient (Wildman–Crippen LogP) is 9.79. The van der Waals surface area contributed by atoms with Crippen molar-refractivity contribution in [3.63, 3.8) is 0 Å². The molecule has 10 nitrogen and oxygen atoms in total. The van der Waals surface area contributed by atoms with E-state index in [1.54, 1.807) is 5.57 Å². The van der Waals surface area contributed by atoms with Crippen LogP contribution in [0.4, 0.5) is 0 Å². The third-order valence-electron chi connectivity index (χ3n) is 14.9. The summed E-state index contributed by atoms with van der Waals surface area (Å²) in [5, 5.41) is 0. The van der Waals surface area contributed by atoms with E-state index in [4.69, 9.17) is 28.4 Å². The molecular formula is C47H76O10S. The van der Waals surface area contributed by atoms with E-state index in [1.807, 2.05) is 0 Å². The van der Waals surface area contributed by atoms with Crippen molar-refractivity contribution in [2.24, 2.45) is 46.3 Å². The van der Waals surface area contributed by atoms with E-state index in [2.05, 4.69) is 40.7 Å². The van der Waals surface area contributed by atoms with Crippen molar-refractivity contribution in [2.75, 3.05) is 19.0 Å². The number of hydrogen-bond acceptors (Lipinski definition) is 11. The summed E-state index contributed by atoms with van der Waals surface area (Å²) in [5.74, 6) is 3.44. The lowest BCUT2D eigenvalue weighted by molar-refractivity contribution is -0.237. The largest absolute Gasteiger partial charge is 0.463 e. The van der Waals surface area contributed by atoms with Crippen LogP contribution in [0.5, 0.6) is 0 Å². The van der Waals surface area contributed by atoms with Gasteiger partial charge in [0.25, 0.3) is 0 Å². The monoisotopic (exact) mass is 833 g/mol. The number of unbranched alkanes of at least 4 members (excludes halogenated alkanes) is 3. The Labute approximate surface area is 353 Å². The number of ether oxygens (including phenoxy) is 6. The van der Waals surface area contributed by atoms with Crippen molar-refractivity contribution in [2.45, 2.75) is 195 Å². The molecule has 5 rings (SSSR count). The number of thioether (sulfide) groups is 1. The Hall–Kier alpha value is -2.11. The van der Waals surface area contributed by atoms with Gasteiger partial charge in [-0.2, -0.15) is 0 Å². The average molecular weight is 833 g/mol. The van der Waals surface area contributed by atoms with E-state index >= 15 is 0 Å². The van der Waals surface area contributed by atoms with Gasteiger partial charge in [-0.3, -0.25) is 19.2 Å². The number of allylic oxidation sites excluding steroid dienone is 1. The molecule has 0 aromatic heterocycles. The number of fused-ring (bicyclic) bond motifs is 5. The Kier molecular flexibility index (Phi) is 17.1. The SMILES string of the molecule is CC(=O)OC[C@H]1O[C@@H](SCCCCCCOC2CC[C@@]3(C)C(=CC[C@H]4[C@@H]5CC[C@H]([C@H](C)CCCC(C)C)[C@@]5(C)CC[C@@H]43)C2)[C@H](OC(C)=O)[C@@H](OC(C)=O)[C@@H]1OC(C)=O. The predicted molar refractivity (Wildman–Crippen MR) is 226 cm³/mol. The zero-order valence-corrected chi connectivity index (χ0v) is 38.0. The van der Waals surface area contributed by atoms with E-state index < -0.39 is 53.7 Å². The second kappa shape index (κ2) is 21.1. The average Bonchev–Trinajstić information content (AvgIpc) is 3.50. The molecule has 0 amide bonds. The highest BCUT2D eigenvalue weighted by atomic mass is 32.2. The second-order valence-corrected chi connectivity index (χ2v) is 20.6. The molecule has 4 fully saturated rings. The van der Waals surface area contributed by atoms with Crippen LogP contribution in [-0.4, -0.2) is 78.8 Å². The molecule has 1 heterocycles. The minimum Gasteiger partial charge on any atom is -0.463 e. The summed E-state index contributed by atoms with van der Waals surface area (Å²) in [6.45, 7) is 18.1. The molecule has 0 N–H and O–H groups in total. The van der Waals surface area contributed by atoms with Crippen LogP contribution in [0.25, 0.3) is 0 Å². The summed E-state index contributed by atoms with van der Waals surface area (Å²) in [6, 6.07) is 0. The van der Waals surface area contributed by atoms with Crippen LogP contribution in [0, 0.1) is 46.3 Å². The lowest BCUT2D eigenvalue weighted by Gasteiger charge is -2.58. The molecule has 0 aromatic rings. The van der Waals surface area contributed by atoms with Gasteiger partial charge in [0.05, 0.1) is 6.10 Å². The minimum atomic E-state index is -1.13. The molecule has 58 heavy (non-hydrogen) atoms. The summed E-state index contributed by atoms with van der Waals surface area (Å²) < 4.78 is 34.6. The van der Waals surface area contributed by atoms with Gasteiger partial charge in [-0.1, -0.05) is 78.4 Å². The van der Waals surface area contributed by atoms with Gasteiger partial charge >= 0.3 is 23.9 Å². The van der Waals surface area contributed by atoms with Gasteiger partial charge in [0.1, 0.15) is 18.1 Å². The summed E-state index contributed by atoms with van der Waals surface area (Å²) in [4.78, 5) is 47.9. The smallest absolute Gasteiger partial charge is 0.303 e. The number of esters is 4. The third kappa shape index (κ3) is 11.6. The second-order valence-electron chi connectivity index (χ2n) is 19.4. The Morgan fingerprint density at radius 3 is 2.16 bits per heavy atom. The van der Waals surface area contributed by atoms with Crippen molar-refractivity contribution >= 4 is 35.6 Å². The normalized spacial score (nSPS) is 36.1. The first-order valence-corrected chi connectivity index (χ1v) is 23.8. The summed E-state index contributed by atoms with van der Waals surface area (Å²) >= 11 is 1.44. The zero-order chi connectivity index (χ0) is 42.2. The van der Waals surface area contributed by atoms with E-state index in [9.17, 15) is 19.2 Å². The molecule has 1 unspecified atom stereocenters. The number of rotatable bonds is 19. The molecule has 3 saturated carbocycles. The Bertz CT molecular complexity index is 1430. The highest BCUT2D eigenvalue weighted by Gasteiger charge is 2.59. The van der Waals surface area contributed by atoms with Crippen molar-refractivity contribution < 1.29 is 47.6 Å². The highest BCUT2D eigenvalue weighted by molar-refractivity contribution is 7.99. The highest BCUT2D eigenvalue weighted by Crippen LogP contribution is 2.67. The first-order chi connectivity index (χ1) is 27.5. The molecule has 0 bridgehead atoms. The molecule has 0 aromatic carbocycles. The standard InChI is InChI=1S/C47H76O10S/c1-29(2)15-14-16-30(3)38-19-20-39-37-18-17-35-27-36(21-23-46(35,8)40(37)22-24-47(38,39)9)52-25-12-10-11-13-26-58-45-44(56-34(7)51)43(55-33(6)50)42(54-32(5)49)41(57-45)28-53-31(4)48/h17,29-30,36-45H,10-16,18-28H2,1-9H3/t30-,36?,37+,38-,39+,40+,41-,42-,43+,44-,45+,46+,47-/m1/s1. The van der Waals surface area contributed by atoms with Crippen molar-refractivity contribution in [3.8, 4) is 0 Å². The molecule has 1 saturated heterocycles. The Morgan fingerprint density at radius 2 is 1.47 bits per heavy atom. The van der Waals surface area contributed by atoms with Crippen LogP contribution in [0.1, 0.15) is 159 Å². The lowest BCUT2D eigenvalue weighted by atomic mass is 9.47. The van der Waals surface area contributed by atoms with Gasteiger partial charge in [0.15, 0.2) is 18.3 Å². The Balaban J connectivity index is 1.06. The topological polar surface area (TPSA) is 124 Å². The van der Waals surface area contributed by atoms with Crippen LogP contribution >= 0.6 is 11.8 Å². The van der Waals surface area contributed by atoms with Gasteiger partial charge in [0.2, 0.25) is 0 Å². The minimum absolute atomic E-state index is 0.216. The third-order valence-corrected chi connectivity index (χ3v) is 16.1. The zero-order valence-electron chi connectivity index (χ0n) is 37.2. The quantitative estimate of drug-likeness (QED) is 0.0535. The van der Waals surface area contributed by atoms with Crippen LogP contribution in [0.3, 0.4) is 0 Å². The van der Waals surface area contributed by atoms with E-state index in [-0.39, 0.29) is 6.61 Å². The number of hydrogen-bond donors (Lipinski definition) is 0. The van der Waals surface area contributed by atoms with Gasteiger partial charge in [0, 0.05) is 34.3 Å². The summed E-state index contributed by atoms with van der Waals surface area (Å²) in [6.07, 6.45) is 17.3. The van der Waals surface area contributed by atoms with E-state index in [0.29, 0.717) is 22.7 Å².